The Bertz CT molecular complexity index is 1300. The highest BCUT2D eigenvalue weighted by Crippen LogP contribution is 2.25. The molecular weight excluding hydrogens is 387 g/mol. The van der Waals surface area contributed by atoms with E-state index in [2.05, 4.69) is 10.3 Å². The summed E-state index contributed by atoms with van der Waals surface area (Å²) in [5.74, 6) is -0.457. The van der Waals surface area contributed by atoms with E-state index in [1.165, 1.54) is 36.5 Å². The minimum atomic E-state index is -0.558. The maximum atomic E-state index is 14.3. The van der Waals surface area contributed by atoms with Gasteiger partial charge >= 0.3 is 5.63 Å². The van der Waals surface area contributed by atoms with Crippen molar-refractivity contribution in [2.24, 2.45) is 0 Å². The highest BCUT2D eigenvalue weighted by atomic mass is 19.1. The maximum Gasteiger partial charge on any atom is 0.336 e. The second-order valence-electron chi connectivity index (χ2n) is 6.31. The number of anilines is 1. The number of aromatic nitrogens is 1. The molecule has 0 saturated carbocycles. The molecule has 0 aliphatic rings. The number of carbonyl (C=O) groups excluding carboxylic acids is 1. The van der Waals surface area contributed by atoms with Crippen LogP contribution in [0.3, 0.4) is 0 Å². The minimum Gasteiger partial charge on any atom is -0.453 e. The first kappa shape index (κ1) is 19.1. The van der Waals surface area contributed by atoms with Crippen LogP contribution < -0.4 is 15.7 Å². The van der Waals surface area contributed by atoms with Crippen LogP contribution in [0.5, 0.6) is 11.5 Å². The number of benzene rings is 2. The Kier molecular flexibility index (Phi) is 5.34. The highest BCUT2D eigenvalue weighted by molar-refractivity contribution is 6.02. The van der Waals surface area contributed by atoms with Crippen molar-refractivity contribution in [2.75, 3.05) is 5.32 Å². The fraction of sp³-hybridized carbons (Fsp3) is 0. The van der Waals surface area contributed by atoms with Crippen LogP contribution in [0, 0.1) is 5.82 Å². The van der Waals surface area contributed by atoms with Crippen LogP contribution in [-0.2, 0) is 4.79 Å². The van der Waals surface area contributed by atoms with Crippen molar-refractivity contribution in [3.63, 3.8) is 0 Å². The first-order valence-electron chi connectivity index (χ1n) is 8.97. The van der Waals surface area contributed by atoms with Gasteiger partial charge in [0.15, 0.2) is 11.6 Å². The molecule has 4 rings (SSSR count). The molecule has 0 saturated heterocycles. The predicted octanol–water partition coefficient (Wildman–Crippen LogP) is 4.77. The zero-order chi connectivity index (χ0) is 20.9. The predicted molar refractivity (Wildman–Crippen MR) is 111 cm³/mol. The Morgan fingerprint density at radius 3 is 2.80 bits per heavy atom. The van der Waals surface area contributed by atoms with Gasteiger partial charge in [0.2, 0.25) is 5.91 Å². The number of carbonyl (C=O) groups is 1. The van der Waals surface area contributed by atoms with Gasteiger partial charge in [0.25, 0.3) is 0 Å². The molecular formula is C23H15FN2O4. The van der Waals surface area contributed by atoms with Gasteiger partial charge in [-0.3, -0.25) is 9.78 Å². The van der Waals surface area contributed by atoms with E-state index in [0.717, 1.165) is 0 Å². The number of amides is 1. The molecule has 0 bridgehead atoms. The number of hydrogen-bond acceptors (Lipinski definition) is 5. The number of rotatable bonds is 5. The second kappa shape index (κ2) is 8.40. The molecule has 4 aromatic rings. The number of fused-ring (bicyclic) bond motifs is 1. The van der Waals surface area contributed by atoms with Gasteiger partial charge in [-0.1, -0.05) is 6.07 Å². The number of nitrogens with zero attached hydrogens (tertiary/aromatic N) is 1. The zero-order valence-corrected chi connectivity index (χ0v) is 15.5. The molecule has 148 valence electrons. The number of halogens is 1. The van der Waals surface area contributed by atoms with E-state index in [9.17, 15) is 14.0 Å². The summed E-state index contributed by atoms with van der Waals surface area (Å²) in [7, 11) is 0. The lowest BCUT2D eigenvalue weighted by atomic mass is 10.2. The van der Waals surface area contributed by atoms with E-state index in [-0.39, 0.29) is 11.7 Å². The molecule has 2 aromatic heterocycles. The second-order valence-corrected chi connectivity index (χ2v) is 6.31. The van der Waals surface area contributed by atoms with Crippen LogP contribution in [-0.4, -0.2) is 10.9 Å². The Labute approximate surface area is 170 Å². The summed E-state index contributed by atoms with van der Waals surface area (Å²) in [4.78, 5) is 27.3. The molecule has 30 heavy (non-hydrogen) atoms. The third-order valence-electron chi connectivity index (χ3n) is 4.13. The molecule has 0 atom stereocenters. The molecule has 0 spiro atoms. The largest absolute Gasteiger partial charge is 0.453 e. The average Bonchev–Trinajstić information content (AvgIpc) is 2.75. The van der Waals surface area contributed by atoms with E-state index in [0.29, 0.717) is 28.0 Å². The summed E-state index contributed by atoms with van der Waals surface area (Å²) in [6.07, 6.45) is 5.87. The van der Waals surface area contributed by atoms with Gasteiger partial charge in [-0.25, -0.2) is 9.18 Å². The van der Waals surface area contributed by atoms with Gasteiger partial charge in [0.1, 0.15) is 11.3 Å². The van der Waals surface area contributed by atoms with E-state index in [1.807, 2.05) is 0 Å². The van der Waals surface area contributed by atoms with Crippen molar-refractivity contribution in [1.82, 2.24) is 4.98 Å². The summed E-state index contributed by atoms with van der Waals surface area (Å²) in [6.45, 7) is 0. The fourth-order valence-electron chi connectivity index (χ4n) is 2.74. The lowest BCUT2D eigenvalue weighted by Gasteiger charge is -2.06. The van der Waals surface area contributed by atoms with E-state index < -0.39 is 11.4 Å². The smallest absolute Gasteiger partial charge is 0.336 e. The first-order valence-corrected chi connectivity index (χ1v) is 8.97. The monoisotopic (exact) mass is 402 g/mol. The fourth-order valence-corrected chi connectivity index (χ4v) is 2.74. The topological polar surface area (TPSA) is 81.4 Å². The highest BCUT2D eigenvalue weighted by Gasteiger charge is 2.06. The number of nitrogens with one attached hydrogen (secondary N) is 1. The van der Waals surface area contributed by atoms with E-state index >= 15 is 0 Å². The lowest BCUT2D eigenvalue weighted by Crippen LogP contribution is -2.07. The van der Waals surface area contributed by atoms with Gasteiger partial charge in [-0.15, -0.1) is 0 Å². The van der Waals surface area contributed by atoms with Crippen molar-refractivity contribution < 1.29 is 18.3 Å². The van der Waals surface area contributed by atoms with Crippen molar-refractivity contribution in [3.8, 4) is 11.5 Å². The van der Waals surface area contributed by atoms with Crippen molar-refractivity contribution in [1.29, 1.82) is 0 Å². The Balaban J connectivity index is 1.43. The Morgan fingerprint density at radius 2 is 2.00 bits per heavy atom. The quantitative estimate of drug-likeness (QED) is 0.384. The average molecular weight is 402 g/mol. The normalized spacial score (nSPS) is 11.0. The molecule has 0 aliphatic heterocycles. The Hall–Kier alpha value is -4.26. The van der Waals surface area contributed by atoms with E-state index in [1.54, 1.807) is 48.7 Å². The van der Waals surface area contributed by atoms with Crippen LogP contribution in [0.1, 0.15) is 5.56 Å². The van der Waals surface area contributed by atoms with Crippen molar-refractivity contribution >= 4 is 28.6 Å². The molecule has 0 unspecified atom stereocenters. The molecule has 1 amide bonds. The summed E-state index contributed by atoms with van der Waals surface area (Å²) in [6, 6.07) is 15.6. The van der Waals surface area contributed by atoms with Crippen LogP contribution >= 0.6 is 0 Å². The molecule has 0 fully saturated rings. The molecule has 2 aromatic carbocycles. The maximum absolute atomic E-state index is 14.3. The number of hydrogen-bond donors (Lipinski definition) is 1. The van der Waals surface area contributed by atoms with E-state index in [4.69, 9.17) is 9.15 Å². The molecule has 0 radical (unpaired) electrons. The van der Waals surface area contributed by atoms with Gasteiger partial charge in [0, 0.05) is 29.4 Å². The van der Waals surface area contributed by atoms with Gasteiger partial charge < -0.3 is 14.5 Å². The molecule has 7 heteroatoms. The van der Waals surface area contributed by atoms with Gasteiger partial charge in [-0.05, 0) is 60.2 Å². The number of ether oxygens (including phenoxy) is 1. The summed E-state index contributed by atoms with van der Waals surface area (Å²) >= 11 is 0. The number of pyridine rings is 1. The molecule has 1 N–H and O–H groups in total. The minimum absolute atomic E-state index is 0.0624. The third kappa shape index (κ3) is 4.59. The summed E-state index contributed by atoms with van der Waals surface area (Å²) in [5, 5.41) is 3.39. The first-order chi connectivity index (χ1) is 14.6. The van der Waals surface area contributed by atoms with Crippen LogP contribution in [0.25, 0.3) is 17.0 Å². The SMILES string of the molecule is O=C(/C=C/c1ccc(Oc2cccnc2)c(F)c1)Nc1ccc2oc(=O)ccc2c1. The zero-order valence-electron chi connectivity index (χ0n) is 15.5. The van der Waals surface area contributed by atoms with Crippen LogP contribution in [0.4, 0.5) is 10.1 Å². The molecule has 6 nitrogen and oxygen atoms in total. The standard InChI is InChI=1S/C23H15FN2O4/c24-19-12-15(3-7-21(19)29-18-2-1-11-25-14-18)4-9-22(27)26-17-6-8-20-16(13-17)5-10-23(28)30-20/h1-14H,(H,26,27)/b9-4+. The summed E-state index contributed by atoms with van der Waals surface area (Å²) in [5.41, 5.74) is 1.03. The summed E-state index contributed by atoms with van der Waals surface area (Å²) < 4.78 is 24.8. The van der Waals surface area contributed by atoms with Gasteiger partial charge in [-0.2, -0.15) is 0 Å². The molecule has 0 aliphatic carbocycles. The molecule has 2 heterocycles. The van der Waals surface area contributed by atoms with Crippen molar-refractivity contribution in [3.05, 3.63) is 101 Å². The Morgan fingerprint density at radius 1 is 1.10 bits per heavy atom. The van der Waals surface area contributed by atoms with Crippen LogP contribution in [0.2, 0.25) is 0 Å². The van der Waals surface area contributed by atoms with Crippen molar-refractivity contribution in [2.45, 2.75) is 0 Å². The lowest BCUT2D eigenvalue weighted by molar-refractivity contribution is -0.111. The van der Waals surface area contributed by atoms with Crippen LogP contribution in [0.15, 0.2) is 88.3 Å². The van der Waals surface area contributed by atoms with Gasteiger partial charge in [0.05, 0.1) is 6.20 Å². The third-order valence-corrected chi connectivity index (χ3v) is 4.13.